The van der Waals surface area contributed by atoms with Gasteiger partial charge in [-0.2, -0.15) is 0 Å². The Morgan fingerprint density at radius 1 is 1.00 bits per heavy atom. The van der Waals surface area contributed by atoms with Gasteiger partial charge in [-0.05, 0) is 24.3 Å². The number of nitrogens with one attached hydrogen (secondary N) is 1. The Balaban J connectivity index is 1.87. The van der Waals surface area contributed by atoms with E-state index in [1.165, 1.54) is 18.2 Å². The van der Waals surface area contributed by atoms with E-state index in [1.807, 2.05) is 0 Å². The predicted octanol–water partition coefficient (Wildman–Crippen LogP) is 3.57. The van der Waals surface area contributed by atoms with Gasteiger partial charge in [0.25, 0.3) is 11.8 Å². The number of carbonyl (C=O) groups excluding carboxylic acids is 2. The lowest BCUT2D eigenvalue weighted by molar-refractivity contribution is -0.120. The zero-order chi connectivity index (χ0) is 16.6. The molecule has 7 heteroatoms. The molecule has 0 spiro atoms. The van der Waals surface area contributed by atoms with Gasteiger partial charge >= 0.3 is 0 Å². The van der Waals surface area contributed by atoms with Crippen LogP contribution in [0.2, 0.25) is 10.0 Å². The van der Waals surface area contributed by atoms with Gasteiger partial charge in [0.15, 0.2) is 5.75 Å². The summed E-state index contributed by atoms with van der Waals surface area (Å²) in [5, 5.41) is 12.4. The number of anilines is 2. The van der Waals surface area contributed by atoms with Crippen LogP contribution in [0.1, 0.15) is 0 Å². The maximum Gasteiger partial charge on any atom is 0.281 e. The molecule has 0 aromatic heterocycles. The molecule has 2 aromatic carbocycles. The molecule has 0 radical (unpaired) electrons. The minimum Gasteiger partial charge on any atom is -0.505 e. The molecule has 2 N–H and O–H groups in total. The maximum absolute atomic E-state index is 12.4. The van der Waals surface area contributed by atoms with E-state index in [-0.39, 0.29) is 21.5 Å². The van der Waals surface area contributed by atoms with Crippen molar-refractivity contribution in [2.45, 2.75) is 0 Å². The molecule has 3 rings (SSSR count). The number of nitrogens with zero attached hydrogens (tertiary/aromatic N) is 1. The Hall–Kier alpha value is -2.50. The topological polar surface area (TPSA) is 69.6 Å². The van der Waals surface area contributed by atoms with Gasteiger partial charge in [-0.1, -0.05) is 41.4 Å². The molecule has 0 bridgehead atoms. The normalized spacial score (nSPS) is 14.2. The number of halogens is 2. The maximum atomic E-state index is 12.4. The quantitative estimate of drug-likeness (QED) is 0.657. The largest absolute Gasteiger partial charge is 0.505 e. The molecule has 23 heavy (non-hydrogen) atoms. The number of hydrogen-bond acceptors (Lipinski definition) is 4. The number of phenols is 1. The molecule has 0 aliphatic carbocycles. The Morgan fingerprint density at radius 2 is 1.61 bits per heavy atom. The summed E-state index contributed by atoms with van der Waals surface area (Å²) in [5.41, 5.74) is 0.967. The van der Waals surface area contributed by atoms with E-state index in [4.69, 9.17) is 23.2 Å². The number of aromatic hydroxyl groups is 1. The highest BCUT2D eigenvalue weighted by atomic mass is 35.5. The zero-order valence-corrected chi connectivity index (χ0v) is 13.1. The summed E-state index contributed by atoms with van der Waals surface area (Å²) in [7, 11) is 0. The molecule has 1 aliphatic heterocycles. The summed E-state index contributed by atoms with van der Waals surface area (Å²) in [6.07, 6.45) is 1.20. The second-order valence-electron chi connectivity index (χ2n) is 4.79. The lowest BCUT2D eigenvalue weighted by atomic mass is 10.2. The highest BCUT2D eigenvalue weighted by molar-refractivity contribution is 6.37. The lowest BCUT2D eigenvalue weighted by Crippen LogP contribution is -2.31. The third-order valence-corrected chi connectivity index (χ3v) is 3.81. The fourth-order valence-electron chi connectivity index (χ4n) is 2.17. The van der Waals surface area contributed by atoms with Crippen LogP contribution in [-0.2, 0) is 9.59 Å². The average molecular weight is 349 g/mol. The minimum atomic E-state index is -0.485. The van der Waals surface area contributed by atoms with E-state index in [9.17, 15) is 14.7 Å². The Morgan fingerprint density at radius 3 is 2.22 bits per heavy atom. The predicted molar refractivity (Wildman–Crippen MR) is 88.8 cm³/mol. The van der Waals surface area contributed by atoms with Gasteiger partial charge in [0.1, 0.15) is 5.70 Å². The highest BCUT2D eigenvalue weighted by Gasteiger charge is 2.32. The fraction of sp³-hybridized carbons (Fsp3) is 0. The van der Waals surface area contributed by atoms with Crippen molar-refractivity contribution in [1.29, 1.82) is 0 Å². The Labute approximate surface area is 141 Å². The SMILES string of the molecule is O=C1C=C(Nc2cc(Cl)c(O)c(Cl)c2)C(=O)N1c1ccccc1. The van der Waals surface area contributed by atoms with Crippen LogP contribution in [0.25, 0.3) is 0 Å². The molecule has 0 saturated heterocycles. The summed E-state index contributed by atoms with van der Waals surface area (Å²) in [5.74, 6) is -1.17. The number of carbonyl (C=O) groups is 2. The monoisotopic (exact) mass is 348 g/mol. The van der Waals surface area contributed by atoms with Gasteiger partial charge in [0.2, 0.25) is 0 Å². The molecule has 0 fully saturated rings. The molecule has 1 heterocycles. The molecule has 5 nitrogen and oxygen atoms in total. The lowest BCUT2D eigenvalue weighted by Gasteiger charge is -2.15. The molecule has 0 unspecified atom stereocenters. The number of para-hydroxylation sites is 1. The van der Waals surface area contributed by atoms with Gasteiger partial charge in [-0.15, -0.1) is 0 Å². The zero-order valence-electron chi connectivity index (χ0n) is 11.6. The van der Waals surface area contributed by atoms with Crippen LogP contribution in [0.15, 0.2) is 54.2 Å². The molecule has 116 valence electrons. The molecular weight excluding hydrogens is 339 g/mol. The number of benzene rings is 2. The number of rotatable bonds is 3. The van der Waals surface area contributed by atoms with Crippen LogP contribution in [0.5, 0.6) is 5.75 Å². The van der Waals surface area contributed by atoms with Crippen molar-refractivity contribution in [3.63, 3.8) is 0 Å². The van der Waals surface area contributed by atoms with Crippen molar-refractivity contribution in [2.24, 2.45) is 0 Å². The third kappa shape index (κ3) is 2.88. The van der Waals surface area contributed by atoms with Crippen molar-refractivity contribution in [2.75, 3.05) is 10.2 Å². The third-order valence-electron chi connectivity index (χ3n) is 3.23. The van der Waals surface area contributed by atoms with Crippen LogP contribution in [0.3, 0.4) is 0 Å². The summed E-state index contributed by atoms with van der Waals surface area (Å²) in [4.78, 5) is 25.5. The smallest absolute Gasteiger partial charge is 0.281 e. The molecule has 2 aromatic rings. The highest BCUT2D eigenvalue weighted by Crippen LogP contribution is 2.35. The van der Waals surface area contributed by atoms with Gasteiger partial charge in [-0.3, -0.25) is 9.59 Å². The first-order valence-corrected chi connectivity index (χ1v) is 7.33. The summed E-state index contributed by atoms with van der Waals surface area (Å²) in [6, 6.07) is 11.4. The second-order valence-corrected chi connectivity index (χ2v) is 5.60. The van der Waals surface area contributed by atoms with Crippen molar-refractivity contribution >= 4 is 46.4 Å². The van der Waals surface area contributed by atoms with E-state index in [0.29, 0.717) is 11.4 Å². The van der Waals surface area contributed by atoms with Crippen molar-refractivity contribution < 1.29 is 14.7 Å². The van der Waals surface area contributed by atoms with Gasteiger partial charge in [-0.25, -0.2) is 4.90 Å². The van der Waals surface area contributed by atoms with E-state index < -0.39 is 11.8 Å². The van der Waals surface area contributed by atoms with Crippen molar-refractivity contribution in [3.05, 3.63) is 64.3 Å². The van der Waals surface area contributed by atoms with E-state index >= 15 is 0 Å². The standard InChI is InChI=1S/C16H10Cl2N2O3/c17-11-6-9(7-12(18)15(11)22)19-13-8-14(21)20(16(13)23)10-4-2-1-3-5-10/h1-8,19,22H. The number of amides is 2. The number of imide groups is 1. The Bertz CT molecular complexity index is 811. The average Bonchev–Trinajstić information content (AvgIpc) is 2.80. The van der Waals surface area contributed by atoms with E-state index in [2.05, 4.69) is 5.32 Å². The number of phenolic OH excluding ortho intramolecular Hbond substituents is 1. The fourth-order valence-corrected chi connectivity index (χ4v) is 2.66. The van der Waals surface area contributed by atoms with Crippen LogP contribution >= 0.6 is 23.2 Å². The molecular formula is C16H10Cl2N2O3. The first kappa shape index (κ1) is 15.4. The second kappa shape index (κ2) is 5.95. The molecule has 0 atom stereocenters. The van der Waals surface area contributed by atoms with Gasteiger partial charge in [0, 0.05) is 11.8 Å². The number of hydrogen-bond donors (Lipinski definition) is 2. The van der Waals surface area contributed by atoms with E-state index in [1.54, 1.807) is 30.3 Å². The molecule has 0 saturated carbocycles. The van der Waals surface area contributed by atoms with Crippen LogP contribution in [0, 0.1) is 0 Å². The van der Waals surface area contributed by atoms with Crippen LogP contribution in [0.4, 0.5) is 11.4 Å². The van der Waals surface area contributed by atoms with Crippen molar-refractivity contribution in [3.8, 4) is 5.75 Å². The minimum absolute atomic E-state index is 0.0392. The first-order valence-electron chi connectivity index (χ1n) is 6.57. The first-order chi connectivity index (χ1) is 11.0. The Kier molecular flexibility index (Phi) is 3.98. The molecule has 2 amide bonds. The van der Waals surface area contributed by atoms with Crippen LogP contribution in [-0.4, -0.2) is 16.9 Å². The van der Waals surface area contributed by atoms with Crippen LogP contribution < -0.4 is 10.2 Å². The van der Waals surface area contributed by atoms with Crippen molar-refractivity contribution in [1.82, 2.24) is 0 Å². The van der Waals surface area contributed by atoms with Gasteiger partial charge < -0.3 is 10.4 Å². The summed E-state index contributed by atoms with van der Waals surface area (Å²) < 4.78 is 0. The summed E-state index contributed by atoms with van der Waals surface area (Å²) in [6.45, 7) is 0. The van der Waals surface area contributed by atoms with Gasteiger partial charge in [0.05, 0.1) is 15.7 Å². The van der Waals surface area contributed by atoms with E-state index in [0.717, 1.165) is 4.90 Å². The molecule has 1 aliphatic rings. The summed E-state index contributed by atoms with van der Waals surface area (Å²) >= 11 is 11.7.